The number of nitrogens with zero attached hydrogens (tertiary/aromatic N) is 1. The topological polar surface area (TPSA) is 75.7 Å². The average Bonchev–Trinajstić information content (AvgIpc) is 2.51. The van der Waals surface area contributed by atoms with Gasteiger partial charge in [-0.1, -0.05) is 6.07 Å². The molecule has 1 heterocycles. The van der Waals surface area contributed by atoms with Gasteiger partial charge in [0.15, 0.2) is 0 Å². The number of anilines is 1. The average molecular weight is 340 g/mol. The van der Waals surface area contributed by atoms with E-state index in [0.29, 0.717) is 37.4 Å². The van der Waals surface area contributed by atoms with Gasteiger partial charge in [-0.2, -0.15) is 0 Å². The highest BCUT2D eigenvalue weighted by atomic mass is 32.2. The fourth-order valence-electron chi connectivity index (χ4n) is 2.44. The van der Waals surface area contributed by atoms with Crippen molar-refractivity contribution in [1.82, 2.24) is 5.32 Å². The molecular formula is C16H24N2O4S. The quantitative estimate of drug-likeness (QED) is 0.801. The number of rotatable bonds is 6. The van der Waals surface area contributed by atoms with Crippen LogP contribution in [0.4, 0.5) is 5.69 Å². The van der Waals surface area contributed by atoms with Crippen molar-refractivity contribution in [3.05, 3.63) is 29.8 Å². The third-order valence-electron chi connectivity index (χ3n) is 3.58. The third kappa shape index (κ3) is 4.94. The molecule has 0 bridgehead atoms. The molecule has 0 unspecified atom stereocenters. The molecule has 0 saturated carbocycles. The van der Waals surface area contributed by atoms with E-state index >= 15 is 0 Å². The molecule has 1 aromatic carbocycles. The molecule has 1 amide bonds. The summed E-state index contributed by atoms with van der Waals surface area (Å²) in [5.41, 5.74) is 1.00. The van der Waals surface area contributed by atoms with E-state index in [0.717, 1.165) is 6.42 Å². The van der Waals surface area contributed by atoms with Crippen LogP contribution >= 0.6 is 0 Å². The van der Waals surface area contributed by atoms with Gasteiger partial charge in [0, 0.05) is 18.7 Å². The summed E-state index contributed by atoms with van der Waals surface area (Å²) in [7, 11) is -3.27. The molecule has 128 valence electrons. The molecule has 0 atom stereocenters. The van der Waals surface area contributed by atoms with Crippen LogP contribution in [0, 0.1) is 0 Å². The van der Waals surface area contributed by atoms with Crippen LogP contribution < -0.4 is 9.62 Å². The molecule has 2 rings (SSSR count). The Morgan fingerprint density at radius 2 is 2.13 bits per heavy atom. The van der Waals surface area contributed by atoms with E-state index in [2.05, 4.69) is 5.32 Å². The van der Waals surface area contributed by atoms with Gasteiger partial charge in [0.1, 0.15) is 0 Å². The number of carbonyl (C=O) groups is 1. The van der Waals surface area contributed by atoms with Gasteiger partial charge in [0.25, 0.3) is 5.91 Å². The Morgan fingerprint density at radius 1 is 1.35 bits per heavy atom. The second-order valence-electron chi connectivity index (χ2n) is 5.82. The molecule has 1 N–H and O–H groups in total. The molecule has 6 nitrogen and oxygen atoms in total. The number of hydrogen-bond donors (Lipinski definition) is 1. The molecule has 0 spiro atoms. The molecule has 1 saturated heterocycles. The molecule has 7 heteroatoms. The number of sulfonamides is 1. The molecule has 0 radical (unpaired) electrons. The van der Waals surface area contributed by atoms with Crippen molar-refractivity contribution < 1.29 is 17.9 Å². The fraction of sp³-hybridized carbons (Fsp3) is 0.562. The fourth-order valence-corrected chi connectivity index (χ4v) is 4.07. The van der Waals surface area contributed by atoms with Gasteiger partial charge in [-0.05, 0) is 44.9 Å². The number of hydrogen-bond acceptors (Lipinski definition) is 4. The summed E-state index contributed by atoms with van der Waals surface area (Å²) in [5.74, 6) is -0.0655. The normalized spacial score (nSPS) is 17.3. The Bertz CT molecular complexity index is 643. The molecule has 0 aromatic heterocycles. The largest absolute Gasteiger partial charge is 0.377 e. The van der Waals surface area contributed by atoms with E-state index in [4.69, 9.17) is 4.74 Å². The third-order valence-corrected chi connectivity index (χ3v) is 5.45. The first-order valence-corrected chi connectivity index (χ1v) is 9.51. The standard InChI is InChI=1S/C16H24N2O4S/c1-13(2)22-10-8-17-16(19)14-6-5-7-15(12-14)18-9-3-4-11-23(18,20)21/h5-7,12-13H,3-4,8-11H2,1-2H3,(H,17,19). The van der Waals surface area contributed by atoms with Crippen molar-refractivity contribution in [2.45, 2.75) is 32.8 Å². The second kappa shape index (κ2) is 7.79. The highest BCUT2D eigenvalue weighted by molar-refractivity contribution is 7.92. The lowest BCUT2D eigenvalue weighted by Crippen LogP contribution is -2.38. The Labute approximate surface area is 137 Å². The summed E-state index contributed by atoms with van der Waals surface area (Å²) in [5, 5.41) is 2.77. The van der Waals surface area contributed by atoms with Gasteiger partial charge >= 0.3 is 0 Å². The lowest BCUT2D eigenvalue weighted by molar-refractivity contribution is 0.0746. The Balaban J connectivity index is 2.03. The zero-order valence-corrected chi connectivity index (χ0v) is 14.4. The van der Waals surface area contributed by atoms with E-state index in [-0.39, 0.29) is 17.8 Å². The molecule has 1 fully saturated rings. The van der Waals surface area contributed by atoms with Crippen LogP contribution in [0.3, 0.4) is 0 Å². The van der Waals surface area contributed by atoms with E-state index in [1.165, 1.54) is 4.31 Å². The molecule has 23 heavy (non-hydrogen) atoms. The number of benzene rings is 1. The van der Waals surface area contributed by atoms with Crippen LogP contribution in [0.15, 0.2) is 24.3 Å². The van der Waals surface area contributed by atoms with E-state index in [9.17, 15) is 13.2 Å². The zero-order valence-electron chi connectivity index (χ0n) is 13.6. The van der Waals surface area contributed by atoms with Gasteiger partial charge in [-0.3, -0.25) is 9.10 Å². The van der Waals surface area contributed by atoms with Gasteiger partial charge in [-0.25, -0.2) is 8.42 Å². The van der Waals surface area contributed by atoms with Crippen molar-refractivity contribution in [3.8, 4) is 0 Å². The summed E-state index contributed by atoms with van der Waals surface area (Å²) in [6, 6.07) is 6.74. The lowest BCUT2D eigenvalue weighted by atomic mass is 10.2. The maximum absolute atomic E-state index is 12.2. The monoisotopic (exact) mass is 340 g/mol. The lowest BCUT2D eigenvalue weighted by Gasteiger charge is -2.28. The molecule has 0 aliphatic carbocycles. The summed E-state index contributed by atoms with van der Waals surface area (Å²) in [6.07, 6.45) is 1.65. The summed E-state index contributed by atoms with van der Waals surface area (Å²) in [4.78, 5) is 12.2. The zero-order chi connectivity index (χ0) is 16.9. The van der Waals surface area contributed by atoms with Crippen LogP contribution in [0.2, 0.25) is 0 Å². The minimum absolute atomic E-state index is 0.125. The van der Waals surface area contributed by atoms with E-state index < -0.39 is 10.0 Å². The molecule has 1 aliphatic rings. The molecule has 1 aliphatic heterocycles. The first-order valence-electron chi connectivity index (χ1n) is 7.90. The van der Waals surface area contributed by atoms with E-state index in [1.807, 2.05) is 13.8 Å². The number of ether oxygens (including phenoxy) is 1. The SMILES string of the molecule is CC(C)OCCNC(=O)c1cccc(N2CCCCS2(=O)=O)c1. The van der Waals surface area contributed by atoms with Crippen LogP contribution in [-0.2, 0) is 14.8 Å². The summed E-state index contributed by atoms with van der Waals surface area (Å²) >= 11 is 0. The predicted octanol–water partition coefficient (Wildman–Crippen LogP) is 1.77. The first-order chi connectivity index (χ1) is 10.9. The number of carbonyl (C=O) groups excluding carboxylic acids is 1. The highest BCUT2D eigenvalue weighted by Gasteiger charge is 2.26. The number of amides is 1. The van der Waals surface area contributed by atoms with Gasteiger partial charge in [0.05, 0.1) is 24.2 Å². The minimum Gasteiger partial charge on any atom is -0.377 e. The Morgan fingerprint density at radius 3 is 2.83 bits per heavy atom. The van der Waals surface area contributed by atoms with Crippen LogP contribution in [-0.4, -0.2) is 45.9 Å². The van der Waals surface area contributed by atoms with Crippen molar-refractivity contribution in [2.75, 3.05) is 29.8 Å². The minimum atomic E-state index is -3.27. The molecule has 1 aromatic rings. The van der Waals surface area contributed by atoms with Crippen molar-refractivity contribution in [1.29, 1.82) is 0 Å². The summed E-state index contributed by atoms with van der Waals surface area (Å²) < 4.78 is 31.1. The summed E-state index contributed by atoms with van der Waals surface area (Å²) in [6.45, 7) is 5.21. The maximum atomic E-state index is 12.2. The molecular weight excluding hydrogens is 316 g/mol. The van der Waals surface area contributed by atoms with Gasteiger partial charge < -0.3 is 10.1 Å². The van der Waals surface area contributed by atoms with E-state index in [1.54, 1.807) is 24.3 Å². The maximum Gasteiger partial charge on any atom is 0.251 e. The van der Waals surface area contributed by atoms with Gasteiger partial charge in [-0.15, -0.1) is 0 Å². The van der Waals surface area contributed by atoms with Crippen LogP contribution in [0.25, 0.3) is 0 Å². The van der Waals surface area contributed by atoms with Crippen molar-refractivity contribution in [3.63, 3.8) is 0 Å². The van der Waals surface area contributed by atoms with Crippen LogP contribution in [0.5, 0.6) is 0 Å². The van der Waals surface area contributed by atoms with Crippen LogP contribution in [0.1, 0.15) is 37.0 Å². The smallest absolute Gasteiger partial charge is 0.251 e. The van der Waals surface area contributed by atoms with Gasteiger partial charge in [0.2, 0.25) is 10.0 Å². The van der Waals surface area contributed by atoms with Crippen molar-refractivity contribution >= 4 is 21.6 Å². The Hall–Kier alpha value is -1.60. The van der Waals surface area contributed by atoms with Crippen molar-refractivity contribution in [2.24, 2.45) is 0 Å². The first kappa shape index (κ1) is 17.7. The highest BCUT2D eigenvalue weighted by Crippen LogP contribution is 2.24. The predicted molar refractivity (Wildman–Crippen MR) is 90.2 cm³/mol. The Kier molecular flexibility index (Phi) is 6.01. The second-order valence-corrected chi connectivity index (χ2v) is 7.83. The number of nitrogens with one attached hydrogen (secondary N) is 1.